The highest BCUT2D eigenvalue weighted by Crippen LogP contribution is 1.99. The molecule has 0 spiro atoms. The lowest BCUT2D eigenvalue weighted by molar-refractivity contribution is 0.241. The molecule has 0 atom stereocenters. The number of hydrazone groups is 1. The van der Waals surface area contributed by atoms with Crippen molar-refractivity contribution < 1.29 is 9.18 Å². The molecule has 4 N–H and O–H groups in total. The van der Waals surface area contributed by atoms with Crippen LogP contribution in [0.2, 0.25) is 0 Å². The van der Waals surface area contributed by atoms with E-state index in [1.807, 2.05) is 5.43 Å². The zero-order chi connectivity index (χ0) is 10.4. The lowest BCUT2D eigenvalue weighted by atomic mass is 10.2. The molecule has 0 saturated carbocycles. The van der Waals surface area contributed by atoms with E-state index in [1.165, 1.54) is 30.5 Å². The van der Waals surface area contributed by atoms with Crippen molar-refractivity contribution in [1.29, 1.82) is 0 Å². The van der Waals surface area contributed by atoms with Gasteiger partial charge in [0.15, 0.2) is 0 Å². The van der Waals surface area contributed by atoms with Crippen molar-refractivity contribution in [2.45, 2.75) is 0 Å². The number of urea groups is 1. The van der Waals surface area contributed by atoms with Crippen LogP contribution in [0.25, 0.3) is 0 Å². The quantitative estimate of drug-likeness (QED) is 0.276. The molecule has 0 aliphatic heterocycles. The maximum absolute atomic E-state index is 12.5. The maximum atomic E-state index is 12.5. The van der Waals surface area contributed by atoms with E-state index in [-0.39, 0.29) is 5.82 Å². The van der Waals surface area contributed by atoms with Crippen LogP contribution < -0.4 is 16.7 Å². The molecule has 1 aromatic carbocycles. The van der Waals surface area contributed by atoms with Crippen molar-refractivity contribution >= 4 is 12.2 Å². The number of benzene rings is 1. The smallest absolute Gasteiger partial charge is 0.274 e. The van der Waals surface area contributed by atoms with E-state index in [1.54, 1.807) is 0 Å². The van der Waals surface area contributed by atoms with Gasteiger partial charge in [-0.25, -0.2) is 20.5 Å². The van der Waals surface area contributed by atoms with Crippen LogP contribution in [-0.4, -0.2) is 12.2 Å². The molecule has 6 heteroatoms. The third-order valence-corrected chi connectivity index (χ3v) is 1.38. The van der Waals surface area contributed by atoms with Crippen LogP contribution in [-0.2, 0) is 0 Å². The molecule has 0 saturated heterocycles. The second-order valence-corrected chi connectivity index (χ2v) is 2.40. The first-order valence-corrected chi connectivity index (χ1v) is 3.77. The summed E-state index contributed by atoms with van der Waals surface area (Å²) >= 11 is 0. The van der Waals surface area contributed by atoms with Crippen LogP contribution in [0.5, 0.6) is 0 Å². The second kappa shape index (κ2) is 4.93. The number of carbonyl (C=O) groups is 1. The second-order valence-electron chi connectivity index (χ2n) is 2.40. The van der Waals surface area contributed by atoms with E-state index in [0.717, 1.165) is 0 Å². The summed E-state index contributed by atoms with van der Waals surface area (Å²) in [6.07, 6.45) is 1.37. The zero-order valence-electron chi connectivity index (χ0n) is 7.20. The van der Waals surface area contributed by atoms with E-state index in [0.29, 0.717) is 5.56 Å². The van der Waals surface area contributed by atoms with Crippen LogP contribution in [0, 0.1) is 5.82 Å². The number of hydrazine groups is 1. The van der Waals surface area contributed by atoms with Gasteiger partial charge in [0.2, 0.25) is 0 Å². The highest BCUT2D eigenvalue weighted by molar-refractivity contribution is 5.81. The number of nitrogens with one attached hydrogen (secondary N) is 2. The Bertz CT molecular complexity index is 336. The highest BCUT2D eigenvalue weighted by atomic mass is 19.1. The van der Waals surface area contributed by atoms with Crippen molar-refractivity contribution in [1.82, 2.24) is 10.9 Å². The van der Waals surface area contributed by atoms with Crippen molar-refractivity contribution in [2.75, 3.05) is 0 Å². The minimum atomic E-state index is -0.622. The molecule has 1 aromatic rings. The summed E-state index contributed by atoms with van der Waals surface area (Å²) in [5, 5.41) is 3.55. The number of rotatable bonds is 2. The van der Waals surface area contributed by atoms with Gasteiger partial charge in [-0.1, -0.05) is 12.1 Å². The molecule has 0 bridgehead atoms. The number of halogens is 1. The average molecular weight is 196 g/mol. The van der Waals surface area contributed by atoms with Gasteiger partial charge in [-0.05, 0) is 17.7 Å². The van der Waals surface area contributed by atoms with E-state index in [9.17, 15) is 9.18 Å². The standard InChI is InChI=1S/C8H9FN4O/c9-7-3-1-6(2-4-7)5-11-13-8(14)12-10/h1-5H,10H2,(H2,12,13,14)/b11-5+. The molecule has 1 rings (SSSR count). The Morgan fingerprint density at radius 1 is 1.43 bits per heavy atom. The Labute approximate surface area is 79.8 Å². The molecular weight excluding hydrogens is 187 g/mol. The van der Waals surface area contributed by atoms with Gasteiger partial charge in [-0.3, -0.25) is 5.43 Å². The molecule has 74 valence electrons. The predicted molar refractivity (Wildman–Crippen MR) is 49.8 cm³/mol. The number of nitrogens with zero attached hydrogens (tertiary/aromatic N) is 1. The van der Waals surface area contributed by atoms with Gasteiger partial charge < -0.3 is 0 Å². The fourth-order valence-corrected chi connectivity index (χ4v) is 0.747. The Balaban J connectivity index is 2.52. The number of carbonyl (C=O) groups excluding carboxylic acids is 1. The van der Waals surface area contributed by atoms with E-state index >= 15 is 0 Å². The van der Waals surface area contributed by atoms with Crippen LogP contribution in [0.4, 0.5) is 9.18 Å². The van der Waals surface area contributed by atoms with Gasteiger partial charge in [0.25, 0.3) is 0 Å². The average Bonchev–Trinajstić information content (AvgIpc) is 2.21. The van der Waals surface area contributed by atoms with E-state index in [4.69, 9.17) is 5.84 Å². The number of nitrogens with two attached hydrogens (primary N) is 1. The van der Waals surface area contributed by atoms with Gasteiger partial charge >= 0.3 is 6.03 Å². The molecule has 0 aliphatic carbocycles. The van der Waals surface area contributed by atoms with Crippen molar-refractivity contribution in [3.05, 3.63) is 35.6 Å². The van der Waals surface area contributed by atoms with Gasteiger partial charge in [-0.15, -0.1) is 0 Å². The first kappa shape index (κ1) is 10.1. The molecule has 0 radical (unpaired) electrons. The summed E-state index contributed by atoms with van der Waals surface area (Å²) in [7, 11) is 0. The molecule has 0 aliphatic rings. The van der Waals surface area contributed by atoms with Crippen molar-refractivity contribution in [3.63, 3.8) is 0 Å². The van der Waals surface area contributed by atoms with Gasteiger partial charge in [-0.2, -0.15) is 5.10 Å². The third kappa shape index (κ3) is 3.20. The summed E-state index contributed by atoms with van der Waals surface area (Å²) in [6, 6.07) is 5.03. The van der Waals surface area contributed by atoms with E-state index < -0.39 is 6.03 Å². The number of hydrogen-bond acceptors (Lipinski definition) is 3. The normalized spacial score (nSPS) is 10.1. The Morgan fingerprint density at radius 3 is 2.64 bits per heavy atom. The Hall–Kier alpha value is -1.95. The summed E-state index contributed by atoms with van der Waals surface area (Å²) in [5.41, 5.74) is 4.60. The summed E-state index contributed by atoms with van der Waals surface area (Å²) in [6.45, 7) is 0. The van der Waals surface area contributed by atoms with Gasteiger partial charge in [0.1, 0.15) is 5.82 Å². The first-order chi connectivity index (χ1) is 6.72. The molecule has 0 fully saturated rings. The molecule has 0 heterocycles. The maximum Gasteiger partial charge on any atom is 0.349 e. The third-order valence-electron chi connectivity index (χ3n) is 1.38. The summed E-state index contributed by atoms with van der Waals surface area (Å²) in [5.74, 6) is 4.46. The fraction of sp³-hybridized carbons (Fsp3) is 0. The molecule has 0 aromatic heterocycles. The van der Waals surface area contributed by atoms with Crippen LogP contribution >= 0.6 is 0 Å². The van der Waals surface area contributed by atoms with Crippen LogP contribution in [0.3, 0.4) is 0 Å². The molecular formula is C8H9FN4O. The minimum absolute atomic E-state index is 0.324. The number of hydrogen-bond donors (Lipinski definition) is 3. The fourth-order valence-electron chi connectivity index (χ4n) is 0.747. The predicted octanol–water partition coefficient (Wildman–Crippen LogP) is 0.333. The Morgan fingerprint density at radius 2 is 2.07 bits per heavy atom. The number of amides is 2. The SMILES string of the molecule is NNC(=O)N/N=C/c1ccc(F)cc1. The largest absolute Gasteiger partial charge is 0.349 e. The van der Waals surface area contributed by atoms with Crippen molar-refractivity contribution in [3.8, 4) is 0 Å². The summed E-state index contributed by atoms with van der Waals surface area (Å²) in [4.78, 5) is 10.5. The lowest BCUT2D eigenvalue weighted by Gasteiger charge is -1.95. The molecule has 0 unspecified atom stereocenters. The monoisotopic (exact) mass is 196 g/mol. The van der Waals surface area contributed by atoms with E-state index in [2.05, 4.69) is 10.5 Å². The van der Waals surface area contributed by atoms with Gasteiger partial charge in [0.05, 0.1) is 6.21 Å². The lowest BCUT2D eigenvalue weighted by Crippen LogP contribution is -2.37. The minimum Gasteiger partial charge on any atom is -0.274 e. The van der Waals surface area contributed by atoms with Crippen LogP contribution in [0.1, 0.15) is 5.56 Å². The molecule has 14 heavy (non-hydrogen) atoms. The van der Waals surface area contributed by atoms with Crippen molar-refractivity contribution in [2.24, 2.45) is 10.9 Å². The molecule has 5 nitrogen and oxygen atoms in total. The van der Waals surface area contributed by atoms with Gasteiger partial charge in [0, 0.05) is 0 Å². The highest BCUT2D eigenvalue weighted by Gasteiger charge is 1.91. The topological polar surface area (TPSA) is 79.5 Å². The zero-order valence-corrected chi connectivity index (χ0v) is 7.20. The molecule has 2 amide bonds. The first-order valence-electron chi connectivity index (χ1n) is 3.77. The Kier molecular flexibility index (Phi) is 3.57. The van der Waals surface area contributed by atoms with Crippen LogP contribution in [0.15, 0.2) is 29.4 Å². The summed E-state index contributed by atoms with van der Waals surface area (Å²) < 4.78 is 12.5.